The Bertz CT molecular complexity index is 773. The second kappa shape index (κ2) is 6.17. The van der Waals surface area contributed by atoms with Crippen molar-refractivity contribution < 1.29 is 4.79 Å². The Kier molecular flexibility index (Phi) is 4.42. The van der Waals surface area contributed by atoms with Gasteiger partial charge in [0.2, 0.25) is 0 Å². The Morgan fingerprint density at radius 1 is 1.09 bits per heavy atom. The number of nitrogens with zero attached hydrogens (tertiary/aromatic N) is 2. The van der Waals surface area contributed by atoms with Gasteiger partial charge in [-0.15, -0.1) is 0 Å². The number of benzene rings is 1. The van der Waals surface area contributed by atoms with E-state index in [1.54, 1.807) is 5.01 Å². The minimum atomic E-state index is -0.0732. The smallest absolute Gasteiger partial charge is 0.266 e. The molecule has 1 aromatic heterocycles. The van der Waals surface area contributed by atoms with Crippen LogP contribution in [0.25, 0.3) is 6.08 Å². The van der Waals surface area contributed by atoms with E-state index in [0.717, 1.165) is 17.0 Å². The zero-order valence-corrected chi connectivity index (χ0v) is 15.8. The molecule has 2 heterocycles. The van der Waals surface area contributed by atoms with Gasteiger partial charge >= 0.3 is 0 Å². The second-order valence-corrected chi connectivity index (χ2v) is 7.89. The predicted molar refractivity (Wildman–Crippen MR) is 104 cm³/mol. The number of hydrogen-bond donors (Lipinski definition) is 0. The predicted octanol–water partition coefficient (Wildman–Crippen LogP) is 4.25. The van der Waals surface area contributed by atoms with Crippen LogP contribution in [0.4, 0.5) is 0 Å². The number of amides is 1. The van der Waals surface area contributed by atoms with Crippen molar-refractivity contribution in [1.29, 1.82) is 0 Å². The summed E-state index contributed by atoms with van der Waals surface area (Å²) in [4.78, 5) is 13.4. The van der Waals surface area contributed by atoms with Crippen molar-refractivity contribution in [3.05, 3.63) is 61.8 Å². The summed E-state index contributed by atoms with van der Waals surface area (Å²) in [6.07, 6.45) is 1.89. The van der Waals surface area contributed by atoms with Crippen LogP contribution in [-0.4, -0.2) is 14.9 Å². The van der Waals surface area contributed by atoms with Gasteiger partial charge in [0.25, 0.3) is 5.91 Å². The molecule has 0 atom stereocenters. The Morgan fingerprint density at radius 3 is 2.27 bits per heavy atom. The second-order valence-electron chi connectivity index (χ2n) is 4.97. The summed E-state index contributed by atoms with van der Waals surface area (Å²) >= 11 is 9.01. The normalized spacial score (nSPS) is 16.9. The average Bonchev–Trinajstić information content (AvgIpc) is 2.94. The van der Waals surface area contributed by atoms with Gasteiger partial charge in [-0.3, -0.25) is 9.47 Å². The number of thioether (sulfide) groups is 1. The topological polar surface area (TPSA) is 25.2 Å². The van der Waals surface area contributed by atoms with Crippen LogP contribution < -0.4 is 5.01 Å². The molecule has 0 aliphatic carbocycles. The monoisotopic (exact) mass is 440 g/mol. The van der Waals surface area contributed by atoms with Crippen molar-refractivity contribution in [3.63, 3.8) is 0 Å². The zero-order valence-electron chi connectivity index (χ0n) is 12.0. The fourth-order valence-electron chi connectivity index (χ4n) is 2.32. The van der Waals surface area contributed by atoms with E-state index in [2.05, 4.69) is 22.6 Å². The van der Waals surface area contributed by atoms with E-state index in [1.165, 1.54) is 15.3 Å². The van der Waals surface area contributed by atoms with Gasteiger partial charge in [0.1, 0.15) is 0 Å². The molecule has 1 saturated heterocycles. The van der Waals surface area contributed by atoms with E-state index in [0.29, 0.717) is 9.23 Å². The van der Waals surface area contributed by atoms with Crippen LogP contribution >= 0.6 is 46.6 Å². The highest BCUT2D eigenvalue weighted by Crippen LogP contribution is 2.32. The highest BCUT2D eigenvalue weighted by molar-refractivity contribution is 14.1. The molecule has 22 heavy (non-hydrogen) atoms. The quantitative estimate of drug-likeness (QED) is 0.397. The molecule has 0 bridgehead atoms. The number of hydrogen-bond acceptors (Lipinski definition) is 3. The lowest BCUT2D eigenvalue weighted by atomic mass is 10.2. The third-order valence-electron chi connectivity index (χ3n) is 3.38. The summed E-state index contributed by atoms with van der Waals surface area (Å²) in [7, 11) is 0. The van der Waals surface area contributed by atoms with Crippen LogP contribution in [0.1, 0.15) is 17.0 Å². The molecule has 0 saturated carbocycles. The van der Waals surface area contributed by atoms with E-state index in [4.69, 9.17) is 12.2 Å². The fourth-order valence-corrected chi connectivity index (χ4v) is 3.92. The maximum atomic E-state index is 12.7. The number of rotatable bonds is 2. The summed E-state index contributed by atoms with van der Waals surface area (Å²) in [5.41, 5.74) is 2.98. The summed E-state index contributed by atoms with van der Waals surface area (Å²) < 4.78 is 3.59. The highest BCUT2D eigenvalue weighted by Gasteiger charge is 2.34. The summed E-state index contributed by atoms with van der Waals surface area (Å²) in [5, 5.41) is 1.57. The van der Waals surface area contributed by atoms with Gasteiger partial charge in [-0.25, -0.2) is 0 Å². The largest absolute Gasteiger partial charge is 0.285 e. The lowest BCUT2D eigenvalue weighted by Crippen LogP contribution is -2.39. The molecule has 0 unspecified atom stereocenters. The molecule has 1 fully saturated rings. The Balaban J connectivity index is 1.96. The van der Waals surface area contributed by atoms with Crippen molar-refractivity contribution in [2.45, 2.75) is 13.8 Å². The van der Waals surface area contributed by atoms with E-state index in [-0.39, 0.29) is 5.91 Å². The van der Waals surface area contributed by atoms with Crippen LogP contribution in [0.15, 0.2) is 41.3 Å². The Labute approximate surface area is 152 Å². The van der Waals surface area contributed by atoms with E-state index >= 15 is 0 Å². The number of carbonyl (C=O) groups excluding carboxylic acids is 1. The van der Waals surface area contributed by atoms with Gasteiger partial charge < -0.3 is 0 Å². The summed E-state index contributed by atoms with van der Waals surface area (Å²) in [6, 6.07) is 12.0. The summed E-state index contributed by atoms with van der Waals surface area (Å²) in [5.74, 6) is -0.0732. The SMILES string of the molecule is Cc1ccc(C)n1N1C(=O)/C(=C/c2ccc(I)cc2)SC1=S. The van der Waals surface area contributed by atoms with E-state index < -0.39 is 0 Å². The third-order valence-corrected chi connectivity index (χ3v) is 5.38. The molecule has 6 heteroatoms. The molecule has 0 radical (unpaired) electrons. The Hall–Kier alpha value is -1.12. The average molecular weight is 440 g/mol. The number of aromatic nitrogens is 1. The van der Waals surface area contributed by atoms with Gasteiger partial charge in [-0.1, -0.05) is 23.9 Å². The highest BCUT2D eigenvalue weighted by atomic mass is 127. The number of carbonyl (C=O) groups is 1. The maximum absolute atomic E-state index is 12.7. The van der Waals surface area contributed by atoms with Crippen molar-refractivity contribution in [1.82, 2.24) is 4.68 Å². The minimum Gasteiger partial charge on any atom is -0.266 e. The standard InChI is InChI=1S/C16H13IN2OS2/c1-10-3-4-11(2)18(10)19-15(20)14(22-16(19)21)9-12-5-7-13(17)8-6-12/h3-9H,1-2H3/b14-9-. The lowest BCUT2D eigenvalue weighted by Gasteiger charge is -2.20. The summed E-state index contributed by atoms with van der Waals surface area (Å²) in [6.45, 7) is 3.93. The molecule has 112 valence electrons. The molecule has 1 amide bonds. The van der Waals surface area contributed by atoms with Crippen molar-refractivity contribution >= 4 is 62.9 Å². The number of aryl methyl sites for hydroxylation is 2. The first-order valence-electron chi connectivity index (χ1n) is 6.66. The van der Waals surface area contributed by atoms with Gasteiger partial charge in [0.05, 0.1) is 4.91 Å². The molecule has 3 nitrogen and oxygen atoms in total. The van der Waals surface area contributed by atoms with Crippen LogP contribution in [-0.2, 0) is 4.79 Å². The van der Waals surface area contributed by atoms with Gasteiger partial charge in [-0.05, 0) is 84.6 Å². The minimum absolute atomic E-state index is 0.0732. The van der Waals surface area contributed by atoms with Crippen LogP contribution in [0.5, 0.6) is 0 Å². The van der Waals surface area contributed by atoms with E-state index in [9.17, 15) is 4.79 Å². The molecular formula is C16H13IN2OS2. The lowest BCUT2D eigenvalue weighted by molar-refractivity contribution is -0.114. The van der Waals surface area contributed by atoms with Crippen molar-refractivity contribution in [2.75, 3.05) is 5.01 Å². The van der Waals surface area contributed by atoms with Crippen LogP contribution in [0.3, 0.4) is 0 Å². The number of thiocarbonyl (C=S) groups is 1. The molecule has 1 aromatic carbocycles. The molecule has 1 aliphatic rings. The zero-order chi connectivity index (χ0) is 15.9. The first-order valence-corrected chi connectivity index (χ1v) is 8.96. The molecule has 0 spiro atoms. The van der Waals surface area contributed by atoms with E-state index in [1.807, 2.05) is 61.0 Å². The van der Waals surface area contributed by atoms with Gasteiger partial charge in [-0.2, -0.15) is 5.01 Å². The maximum Gasteiger partial charge on any atom is 0.285 e. The van der Waals surface area contributed by atoms with Gasteiger partial charge in [0.15, 0.2) is 4.32 Å². The van der Waals surface area contributed by atoms with Gasteiger partial charge in [0, 0.05) is 15.0 Å². The van der Waals surface area contributed by atoms with Crippen molar-refractivity contribution in [3.8, 4) is 0 Å². The molecule has 1 aliphatic heterocycles. The van der Waals surface area contributed by atoms with Crippen LogP contribution in [0.2, 0.25) is 0 Å². The number of halogens is 1. The fraction of sp³-hybridized carbons (Fsp3) is 0.125. The first-order chi connectivity index (χ1) is 10.5. The third kappa shape index (κ3) is 2.87. The molecule has 3 rings (SSSR count). The van der Waals surface area contributed by atoms with Crippen molar-refractivity contribution in [2.24, 2.45) is 0 Å². The Morgan fingerprint density at radius 2 is 1.68 bits per heavy atom. The molecule has 0 N–H and O–H groups in total. The first kappa shape index (κ1) is 15.8. The molecule has 2 aromatic rings. The van der Waals surface area contributed by atoms with Crippen LogP contribution in [0, 0.1) is 17.4 Å². The molecular weight excluding hydrogens is 427 g/mol.